The standard InChI is InChI=1S/C12H19FN2/c1-3-11(14)9-15(4-2)12-7-5-6-10(13)8-12/h5-8,11H,3-4,9,14H2,1-2H3. The van der Waals surface area contributed by atoms with Crippen molar-refractivity contribution in [3.8, 4) is 0 Å². The van der Waals surface area contributed by atoms with E-state index in [1.165, 1.54) is 6.07 Å². The third kappa shape index (κ3) is 3.51. The highest BCUT2D eigenvalue weighted by molar-refractivity contribution is 5.46. The quantitative estimate of drug-likeness (QED) is 0.808. The lowest BCUT2D eigenvalue weighted by atomic mass is 10.2. The smallest absolute Gasteiger partial charge is 0.125 e. The number of halogens is 1. The molecular weight excluding hydrogens is 191 g/mol. The number of anilines is 1. The highest BCUT2D eigenvalue weighted by Gasteiger charge is 2.08. The number of nitrogens with two attached hydrogens (primary N) is 1. The maximum absolute atomic E-state index is 13.0. The topological polar surface area (TPSA) is 29.3 Å². The molecule has 0 heterocycles. The Labute approximate surface area is 90.9 Å². The molecule has 1 aromatic rings. The average Bonchev–Trinajstić information content (AvgIpc) is 2.25. The van der Waals surface area contributed by atoms with Gasteiger partial charge in [0.25, 0.3) is 0 Å². The van der Waals surface area contributed by atoms with Crippen LogP contribution in [-0.4, -0.2) is 19.1 Å². The van der Waals surface area contributed by atoms with Crippen molar-refractivity contribution in [2.75, 3.05) is 18.0 Å². The SMILES string of the molecule is CCC(N)CN(CC)c1cccc(F)c1. The summed E-state index contributed by atoms with van der Waals surface area (Å²) in [5, 5.41) is 0. The molecule has 2 nitrogen and oxygen atoms in total. The van der Waals surface area contributed by atoms with Crippen molar-refractivity contribution in [2.45, 2.75) is 26.3 Å². The minimum atomic E-state index is -0.198. The van der Waals surface area contributed by atoms with E-state index < -0.39 is 0 Å². The fourth-order valence-electron chi connectivity index (χ4n) is 1.50. The molecule has 84 valence electrons. The second-order valence-corrected chi connectivity index (χ2v) is 3.69. The van der Waals surface area contributed by atoms with E-state index in [9.17, 15) is 4.39 Å². The summed E-state index contributed by atoms with van der Waals surface area (Å²) in [6.45, 7) is 5.73. The molecule has 2 N–H and O–H groups in total. The van der Waals surface area contributed by atoms with Gasteiger partial charge in [0, 0.05) is 24.8 Å². The third-order valence-electron chi connectivity index (χ3n) is 2.53. The molecule has 0 aromatic heterocycles. The summed E-state index contributed by atoms with van der Waals surface area (Å²) in [4.78, 5) is 2.09. The van der Waals surface area contributed by atoms with Gasteiger partial charge in [-0.3, -0.25) is 0 Å². The number of benzene rings is 1. The van der Waals surface area contributed by atoms with Crippen molar-refractivity contribution in [2.24, 2.45) is 5.73 Å². The molecule has 1 aromatic carbocycles. The molecule has 0 aliphatic heterocycles. The number of likely N-dealkylation sites (N-methyl/N-ethyl adjacent to an activating group) is 1. The van der Waals surface area contributed by atoms with Crippen LogP contribution < -0.4 is 10.6 Å². The Balaban J connectivity index is 2.73. The normalized spacial score (nSPS) is 12.5. The van der Waals surface area contributed by atoms with Gasteiger partial charge in [0.15, 0.2) is 0 Å². The molecular formula is C12H19FN2. The summed E-state index contributed by atoms with van der Waals surface area (Å²) in [6, 6.07) is 6.79. The van der Waals surface area contributed by atoms with Gasteiger partial charge in [-0.05, 0) is 31.5 Å². The fraction of sp³-hybridized carbons (Fsp3) is 0.500. The molecule has 15 heavy (non-hydrogen) atoms. The average molecular weight is 210 g/mol. The number of rotatable bonds is 5. The lowest BCUT2D eigenvalue weighted by Crippen LogP contribution is -2.37. The van der Waals surface area contributed by atoms with Gasteiger partial charge in [-0.15, -0.1) is 0 Å². The van der Waals surface area contributed by atoms with Crippen molar-refractivity contribution in [3.05, 3.63) is 30.1 Å². The summed E-state index contributed by atoms with van der Waals surface area (Å²) in [5.74, 6) is -0.198. The predicted molar refractivity (Wildman–Crippen MR) is 62.6 cm³/mol. The first kappa shape index (κ1) is 12.0. The molecule has 3 heteroatoms. The van der Waals surface area contributed by atoms with Gasteiger partial charge in [0.1, 0.15) is 5.82 Å². The summed E-state index contributed by atoms with van der Waals surface area (Å²) in [5.41, 5.74) is 6.79. The van der Waals surface area contributed by atoms with Crippen molar-refractivity contribution in [1.82, 2.24) is 0 Å². The maximum atomic E-state index is 13.0. The molecule has 0 radical (unpaired) electrons. The van der Waals surface area contributed by atoms with Crippen LogP contribution in [-0.2, 0) is 0 Å². The van der Waals surface area contributed by atoms with Gasteiger partial charge in [-0.2, -0.15) is 0 Å². The summed E-state index contributed by atoms with van der Waals surface area (Å²) >= 11 is 0. The second kappa shape index (κ2) is 5.71. The molecule has 0 aliphatic carbocycles. The molecule has 0 amide bonds. The van der Waals surface area contributed by atoms with Crippen LogP contribution in [0.15, 0.2) is 24.3 Å². The maximum Gasteiger partial charge on any atom is 0.125 e. The Morgan fingerprint density at radius 2 is 2.13 bits per heavy atom. The molecule has 0 bridgehead atoms. The Morgan fingerprint density at radius 3 is 2.67 bits per heavy atom. The molecule has 0 saturated heterocycles. The van der Waals surface area contributed by atoms with Gasteiger partial charge < -0.3 is 10.6 Å². The van der Waals surface area contributed by atoms with E-state index in [-0.39, 0.29) is 11.9 Å². The zero-order valence-electron chi connectivity index (χ0n) is 9.41. The van der Waals surface area contributed by atoms with E-state index >= 15 is 0 Å². The number of hydrogen-bond acceptors (Lipinski definition) is 2. The molecule has 0 fully saturated rings. The van der Waals surface area contributed by atoms with E-state index in [1.54, 1.807) is 12.1 Å². The van der Waals surface area contributed by atoms with Gasteiger partial charge in [-0.1, -0.05) is 13.0 Å². The monoisotopic (exact) mass is 210 g/mol. The minimum Gasteiger partial charge on any atom is -0.370 e. The first-order chi connectivity index (χ1) is 7.17. The zero-order chi connectivity index (χ0) is 11.3. The van der Waals surface area contributed by atoms with E-state index in [2.05, 4.69) is 11.8 Å². The molecule has 0 spiro atoms. The Morgan fingerprint density at radius 1 is 1.40 bits per heavy atom. The largest absolute Gasteiger partial charge is 0.370 e. The second-order valence-electron chi connectivity index (χ2n) is 3.69. The lowest BCUT2D eigenvalue weighted by molar-refractivity contribution is 0.612. The summed E-state index contributed by atoms with van der Waals surface area (Å²) in [6.07, 6.45) is 0.936. The van der Waals surface area contributed by atoms with Crippen LogP contribution in [0.25, 0.3) is 0 Å². The number of hydrogen-bond donors (Lipinski definition) is 1. The fourth-order valence-corrected chi connectivity index (χ4v) is 1.50. The lowest BCUT2D eigenvalue weighted by Gasteiger charge is -2.26. The van der Waals surface area contributed by atoms with Crippen LogP contribution in [0.1, 0.15) is 20.3 Å². The molecule has 0 saturated carbocycles. The molecule has 1 atom stereocenters. The molecule has 1 rings (SSSR count). The number of nitrogens with zero attached hydrogens (tertiary/aromatic N) is 1. The Kier molecular flexibility index (Phi) is 4.56. The first-order valence-electron chi connectivity index (χ1n) is 5.43. The van der Waals surface area contributed by atoms with Crippen molar-refractivity contribution < 1.29 is 4.39 Å². The highest BCUT2D eigenvalue weighted by atomic mass is 19.1. The minimum absolute atomic E-state index is 0.146. The van der Waals surface area contributed by atoms with Crippen molar-refractivity contribution >= 4 is 5.69 Å². The van der Waals surface area contributed by atoms with Crippen LogP contribution in [0.4, 0.5) is 10.1 Å². The van der Waals surface area contributed by atoms with Crippen molar-refractivity contribution in [1.29, 1.82) is 0 Å². The van der Waals surface area contributed by atoms with E-state index in [0.717, 1.165) is 25.2 Å². The first-order valence-corrected chi connectivity index (χ1v) is 5.43. The Bertz CT molecular complexity index is 301. The van der Waals surface area contributed by atoms with Crippen LogP contribution in [0.2, 0.25) is 0 Å². The van der Waals surface area contributed by atoms with E-state index in [4.69, 9.17) is 5.73 Å². The Hall–Kier alpha value is -1.09. The van der Waals surface area contributed by atoms with Gasteiger partial charge >= 0.3 is 0 Å². The summed E-state index contributed by atoms with van der Waals surface area (Å²) < 4.78 is 13.0. The van der Waals surface area contributed by atoms with Crippen LogP contribution >= 0.6 is 0 Å². The van der Waals surface area contributed by atoms with Crippen molar-refractivity contribution in [3.63, 3.8) is 0 Å². The van der Waals surface area contributed by atoms with Gasteiger partial charge in [-0.25, -0.2) is 4.39 Å². The predicted octanol–water partition coefficient (Wildman–Crippen LogP) is 2.39. The van der Waals surface area contributed by atoms with E-state index in [1.807, 2.05) is 13.0 Å². The summed E-state index contributed by atoms with van der Waals surface area (Å²) in [7, 11) is 0. The zero-order valence-corrected chi connectivity index (χ0v) is 9.41. The van der Waals surface area contributed by atoms with Gasteiger partial charge in [0.05, 0.1) is 0 Å². The molecule has 0 aliphatic rings. The highest BCUT2D eigenvalue weighted by Crippen LogP contribution is 2.15. The third-order valence-corrected chi connectivity index (χ3v) is 2.53. The van der Waals surface area contributed by atoms with Crippen LogP contribution in [0.5, 0.6) is 0 Å². The van der Waals surface area contributed by atoms with Crippen LogP contribution in [0, 0.1) is 5.82 Å². The van der Waals surface area contributed by atoms with Crippen LogP contribution in [0.3, 0.4) is 0 Å². The molecule has 1 unspecified atom stereocenters. The van der Waals surface area contributed by atoms with Gasteiger partial charge in [0.2, 0.25) is 0 Å². The van der Waals surface area contributed by atoms with E-state index in [0.29, 0.717) is 0 Å².